The second-order valence-corrected chi connectivity index (χ2v) is 6.54. The average Bonchev–Trinajstić information content (AvgIpc) is 2.71. The van der Waals surface area contributed by atoms with Crippen molar-refractivity contribution in [2.75, 3.05) is 31.6 Å². The fraction of sp³-hybridized carbons (Fsp3) is 0.450. The molecule has 7 heteroatoms. The molecule has 0 saturated carbocycles. The van der Waals surface area contributed by atoms with E-state index in [-0.39, 0.29) is 11.6 Å². The molecule has 0 bridgehead atoms. The Morgan fingerprint density at radius 2 is 2.00 bits per heavy atom. The lowest BCUT2D eigenvalue weighted by atomic mass is 9.98. The second-order valence-electron chi connectivity index (χ2n) is 6.54. The van der Waals surface area contributed by atoms with Gasteiger partial charge in [-0.15, -0.1) is 0 Å². The van der Waals surface area contributed by atoms with Crippen LogP contribution < -0.4 is 10.2 Å². The molecule has 1 heterocycles. The summed E-state index contributed by atoms with van der Waals surface area (Å²) in [5.41, 5.74) is 1.28. The van der Waals surface area contributed by atoms with Gasteiger partial charge < -0.3 is 19.9 Å². The summed E-state index contributed by atoms with van der Waals surface area (Å²) in [4.78, 5) is 35.1. The third-order valence-corrected chi connectivity index (χ3v) is 4.71. The highest BCUT2D eigenvalue weighted by molar-refractivity contribution is 5.96. The molecule has 27 heavy (non-hydrogen) atoms. The zero-order valence-electron chi connectivity index (χ0n) is 16.0. The van der Waals surface area contributed by atoms with Crippen molar-refractivity contribution in [3.05, 3.63) is 41.9 Å². The number of likely N-dealkylation sites (tertiary alicyclic amines) is 1. The summed E-state index contributed by atoms with van der Waals surface area (Å²) in [6.07, 6.45) is 3.04. The minimum atomic E-state index is -0.522. The third kappa shape index (κ3) is 6.20. The molecule has 1 aromatic carbocycles. The molecule has 1 fully saturated rings. The molecule has 0 radical (unpaired) electrons. The zero-order valence-corrected chi connectivity index (χ0v) is 16.0. The van der Waals surface area contributed by atoms with Crippen LogP contribution in [-0.2, 0) is 9.59 Å². The van der Waals surface area contributed by atoms with Gasteiger partial charge in [-0.05, 0) is 37.0 Å². The predicted octanol–water partition coefficient (Wildman–Crippen LogP) is 2.60. The standard InChI is InChI=1S/C19H26FN3O2.CH2O/c1-14-6-9-22(10-7-14)19(25)16-4-5-17(20)18(12-16)23(13-24)11-8-15(2)21-3;1-2/h4-5,12-14,21H,2,6-11H2,1,3H3;1H2. The molecule has 0 aliphatic carbocycles. The van der Waals surface area contributed by atoms with Gasteiger partial charge in [-0.3, -0.25) is 9.59 Å². The number of carbonyl (C=O) groups excluding carboxylic acids is 3. The average molecular weight is 377 g/mol. The number of benzene rings is 1. The Hall–Kier alpha value is -2.70. The summed E-state index contributed by atoms with van der Waals surface area (Å²) >= 11 is 0. The Bertz CT molecular complexity index is 658. The quantitative estimate of drug-likeness (QED) is 0.742. The van der Waals surface area contributed by atoms with Gasteiger partial charge in [0, 0.05) is 44.4 Å². The predicted molar refractivity (Wildman–Crippen MR) is 104 cm³/mol. The lowest BCUT2D eigenvalue weighted by molar-refractivity contribution is -0.107. The van der Waals surface area contributed by atoms with Gasteiger partial charge in [0.1, 0.15) is 12.6 Å². The SMILES string of the molecule is C=C(CCN(C=O)c1cc(C(=O)N2CCC(C)CC2)ccc1F)NC.C=O. The topological polar surface area (TPSA) is 69.7 Å². The first kappa shape index (κ1) is 22.3. The molecule has 148 valence electrons. The molecule has 1 saturated heterocycles. The van der Waals surface area contributed by atoms with Gasteiger partial charge in [-0.1, -0.05) is 13.5 Å². The first-order valence-electron chi connectivity index (χ1n) is 8.91. The van der Waals surface area contributed by atoms with Gasteiger partial charge in [0.05, 0.1) is 5.69 Å². The number of piperidine rings is 1. The number of nitrogens with one attached hydrogen (secondary N) is 1. The maximum atomic E-state index is 14.2. The van der Waals surface area contributed by atoms with Crippen LogP contribution in [0, 0.1) is 11.7 Å². The van der Waals surface area contributed by atoms with Gasteiger partial charge in [-0.2, -0.15) is 0 Å². The van der Waals surface area contributed by atoms with Gasteiger partial charge in [0.25, 0.3) is 5.91 Å². The van der Waals surface area contributed by atoms with Crippen LogP contribution in [0.4, 0.5) is 10.1 Å². The molecule has 0 aromatic heterocycles. The zero-order chi connectivity index (χ0) is 20.4. The summed E-state index contributed by atoms with van der Waals surface area (Å²) in [6, 6.07) is 4.19. The van der Waals surface area contributed by atoms with E-state index in [1.54, 1.807) is 11.9 Å². The van der Waals surface area contributed by atoms with Crippen molar-refractivity contribution in [1.29, 1.82) is 0 Å². The molecule has 6 nitrogen and oxygen atoms in total. The van der Waals surface area contributed by atoms with Gasteiger partial charge in [-0.25, -0.2) is 4.39 Å². The van der Waals surface area contributed by atoms with E-state index < -0.39 is 5.82 Å². The Balaban J connectivity index is 0.00000176. The van der Waals surface area contributed by atoms with Gasteiger partial charge in [0.2, 0.25) is 6.41 Å². The van der Waals surface area contributed by atoms with Crippen LogP contribution >= 0.6 is 0 Å². The van der Waals surface area contributed by atoms with Crippen molar-refractivity contribution in [1.82, 2.24) is 10.2 Å². The molecule has 1 aliphatic heterocycles. The molecular formula is C20H28FN3O3. The van der Waals surface area contributed by atoms with Crippen molar-refractivity contribution in [2.45, 2.75) is 26.2 Å². The molecule has 1 aliphatic rings. The Kier molecular flexibility index (Phi) is 9.19. The summed E-state index contributed by atoms with van der Waals surface area (Å²) < 4.78 is 14.2. The van der Waals surface area contributed by atoms with Gasteiger partial charge in [0.15, 0.2) is 0 Å². The number of anilines is 1. The lowest BCUT2D eigenvalue weighted by Crippen LogP contribution is -2.38. The summed E-state index contributed by atoms with van der Waals surface area (Å²) in [5.74, 6) is -0.0109. The Labute approximate surface area is 160 Å². The monoisotopic (exact) mass is 377 g/mol. The van der Waals surface area contributed by atoms with E-state index in [4.69, 9.17) is 4.79 Å². The van der Waals surface area contributed by atoms with Crippen LogP contribution in [0.2, 0.25) is 0 Å². The van der Waals surface area contributed by atoms with Crippen molar-refractivity contribution >= 4 is 24.8 Å². The second kappa shape index (κ2) is 11.1. The van der Waals surface area contributed by atoms with E-state index in [1.165, 1.54) is 23.1 Å². The molecule has 0 spiro atoms. The highest BCUT2D eigenvalue weighted by Gasteiger charge is 2.23. The van der Waals surface area contributed by atoms with Crippen LogP contribution in [-0.4, -0.2) is 50.7 Å². The smallest absolute Gasteiger partial charge is 0.253 e. The van der Waals surface area contributed by atoms with E-state index in [2.05, 4.69) is 18.8 Å². The van der Waals surface area contributed by atoms with Crippen LogP contribution in [0.1, 0.15) is 36.5 Å². The van der Waals surface area contributed by atoms with Crippen LogP contribution in [0.15, 0.2) is 30.5 Å². The largest absolute Gasteiger partial charge is 0.392 e. The van der Waals surface area contributed by atoms with E-state index >= 15 is 0 Å². The molecule has 0 unspecified atom stereocenters. The summed E-state index contributed by atoms with van der Waals surface area (Å²) in [5, 5.41) is 2.90. The summed E-state index contributed by atoms with van der Waals surface area (Å²) in [7, 11) is 1.74. The van der Waals surface area contributed by atoms with Crippen LogP contribution in [0.25, 0.3) is 0 Å². The lowest BCUT2D eigenvalue weighted by Gasteiger charge is -2.30. The molecule has 1 N–H and O–H groups in total. The molecule has 0 atom stereocenters. The number of halogens is 1. The summed E-state index contributed by atoms with van der Waals surface area (Å²) in [6.45, 7) is 9.70. The molecule has 1 aromatic rings. The van der Waals surface area contributed by atoms with E-state index in [0.29, 0.717) is 43.9 Å². The highest BCUT2D eigenvalue weighted by Crippen LogP contribution is 2.23. The van der Waals surface area contributed by atoms with Crippen molar-refractivity contribution in [3.8, 4) is 0 Å². The maximum Gasteiger partial charge on any atom is 0.253 e. The normalized spacial score (nSPS) is 14.0. The van der Waals surface area contributed by atoms with Gasteiger partial charge >= 0.3 is 0 Å². The number of carbonyl (C=O) groups is 3. The Morgan fingerprint density at radius 3 is 2.56 bits per heavy atom. The van der Waals surface area contributed by atoms with Crippen LogP contribution in [0.3, 0.4) is 0 Å². The fourth-order valence-electron chi connectivity index (χ4n) is 2.87. The van der Waals surface area contributed by atoms with Crippen molar-refractivity contribution in [2.24, 2.45) is 5.92 Å². The number of hydrogen-bond acceptors (Lipinski definition) is 4. The van der Waals surface area contributed by atoms with E-state index in [0.717, 1.165) is 18.5 Å². The molecular weight excluding hydrogens is 349 g/mol. The highest BCUT2D eigenvalue weighted by atomic mass is 19.1. The first-order chi connectivity index (χ1) is 13.0. The third-order valence-electron chi connectivity index (χ3n) is 4.71. The number of amides is 2. The van der Waals surface area contributed by atoms with Crippen LogP contribution in [0.5, 0.6) is 0 Å². The molecule has 2 rings (SSSR count). The van der Waals surface area contributed by atoms with Crippen molar-refractivity contribution in [3.63, 3.8) is 0 Å². The maximum absolute atomic E-state index is 14.2. The minimum Gasteiger partial charge on any atom is -0.392 e. The number of rotatable bonds is 7. The van der Waals surface area contributed by atoms with E-state index in [9.17, 15) is 14.0 Å². The van der Waals surface area contributed by atoms with E-state index in [1.807, 2.05) is 6.79 Å². The Morgan fingerprint density at radius 1 is 1.37 bits per heavy atom. The first-order valence-corrected chi connectivity index (χ1v) is 8.91. The number of nitrogens with zero attached hydrogens (tertiary/aromatic N) is 2. The molecule has 2 amide bonds. The fourth-order valence-corrected chi connectivity index (χ4v) is 2.87. The van der Waals surface area contributed by atoms with Crippen molar-refractivity contribution < 1.29 is 18.8 Å². The number of hydrogen-bond donors (Lipinski definition) is 1. The minimum absolute atomic E-state index is 0.112.